The monoisotopic (exact) mass is 307 g/mol. The molecule has 3 N–H and O–H groups in total. The number of aliphatic hydroxyl groups excluding tert-OH is 1. The average molecular weight is 308 g/mol. The van der Waals surface area contributed by atoms with E-state index in [2.05, 4.69) is 0 Å². The number of aliphatic hydroxyl groups is 1. The molecule has 0 aliphatic carbocycles. The summed E-state index contributed by atoms with van der Waals surface area (Å²) in [5.41, 5.74) is 7.48. The van der Waals surface area contributed by atoms with E-state index in [9.17, 15) is 0 Å². The molecule has 2 aromatic carbocycles. The molecule has 1 atom stereocenters. The molecule has 0 heterocycles. The van der Waals surface area contributed by atoms with Crippen LogP contribution in [0.25, 0.3) is 0 Å². The highest BCUT2D eigenvalue weighted by molar-refractivity contribution is 6.31. The molecule has 0 aromatic heterocycles. The van der Waals surface area contributed by atoms with Crippen LogP contribution in [0, 0.1) is 0 Å². The highest BCUT2D eigenvalue weighted by Gasteiger charge is 2.11. The Bertz CT molecular complexity index is 604. The first kappa shape index (κ1) is 15.6. The first-order valence-electron chi connectivity index (χ1n) is 6.56. The minimum atomic E-state index is -0.434. The van der Waals surface area contributed by atoms with Gasteiger partial charge in [-0.25, -0.2) is 0 Å². The van der Waals surface area contributed by atoms with E-state index in [1.807, 2.05) is 30.3 Å². The lowest BCUT2D eigenvalue weighted by Crippen LogP contribution is -2.14. The van der Waals surface area contributed by atoms with Gasteiger partial charge in [0.05, 0.1) is 19.8 Å². The van der Waals surface area contributed by atoms with Crippen LogP contribution in [0.2, 0.25) is 5.02 Å². The summed E-state index contributed by atoms with van der Waals surface area (Å²) >= 11 is 6.09. The van der Waals surface area contributed by atoms with Gasteiger partial charge in [-0.15, -0.1) is 0 Å². The van der Waals surface area contributed by atoms with E-state index in [4.69, 9.17) is 31.9 Å². The van der Waals surface area contributed by atoms with Gasteiger partial charge in [0, 0.05) is 10.6 Å². The van der Waals surface area contributed by atoms with Gasteiger partial charge in [-0.3, -0.25) is 0 Å². The molecule has 0 saturated carbocycles. The number of halogens is 1. The fourth-order valence-corrected chi connectivity index (χ4v) is 2.10. The average Bonchev–Trinajstić information content (AvgIpc) is 2.53. The Labute approximate surface area is 129 Å². The number of methoxy groups -OCH3 is 1. The van der Waals surface area contributed by atoms with Crippen LogP contribution in [-0.4, -0.2) is 18.8 Å². The van der Waals surface area contributed by atoms with Crippen molar-refractivity contribution in [3.05, 3.63) is 58.6 Å². The smallest absolute Gasteiger partial charge is 0.161 e. The molecular formula is C16H18ClNO3. The van der Waals surface area contributed by atoms with Gasteiger partial charge in [-0.05, 0) is 23.8 Å². The van der Waals surface area contributed by atoms with E-state index >= 15 is 0 Å². The lowest BCUT2D eigenvalue weighted by atomic mass is 10.1. The molecule has 112 valence electrons. The summed E-state index contributed by atoms with van der Waals surface area (Å²) in [6.07, 6.45) is 0. The van der Waals surface area contributed by atoms with E-state index in [-0.39, 0.29) is 6.61 Å². The van der Waals surface area contributed by atoms with Crippen molar-refractivity contribution in [1.29, 1.82) is 0 Å². The van der Waals surface area contributed by atoms with Gasteiger partial charge in [-0.1, -0.05) is 35.9 Å². The number of hydrogen-bond donors (Lipinski definition) is 2. The van der Waals surface area contributed by atoms with Crippen molar-refractivity contribution in [2.45, 2.75) is 12.6 Å². The van der Waals surface area contributed by atoms with Crippen molar-refractivity contribution >= 4 is 11.6 Å². The predicted octanol–water partition coefficient (Wildman–Crippen LogP) is 2.92. The molecule has 0 fully saturated rings. The molecule has 21 heavy (non-hydrogen) atoms. The predicted molar refractivity (Wildman–Crippen MR) is 82.8 cm³/mol. The number of nitrogens with two attached hydrogens (primary N) is 1. The third kappa shape index (κ3) is 3.88. The normalized spacial score (nSPS) is 12.0. The highest BCUT2D eigenvalue weighted by Crippen LogP contribution is 2.31. The second-order valence-electron chi connectivity index (χ2n) is 4.58. The maximum absolute atomic E-state index is 9.09. The molecule has 0 radical (unpaired) electrons. The Morgan fingerprint density at radius 1 is 1.19 bits per heavy atom. The fraction of sp³-hybridized carbons (Fsp3) is 0.250. The molecular weight excluding hydrogens is 290 g/mol. The lowest BCUT2D eigenvalue weighted by molar-refractivity contribution is 0.266. The molecule has 5 heteroatoms. The standard InChI is InChI=1S/C16H18ClNO3/c1-20-16-8-11(14(18)9-19)6-7-15(16)21-10-12-4-2-3-5-13(12)17/h2-8,14,19H,9-10,18H2,1H3/t14-/m0/s1. The minimum absolute atomic E-state index is 0.122. The van der Waals surface area contributed by atoms with Crippen LogP contribution in [0.4, 0.5) is 0 Å². The summed E-state index contributed by atoms with van der Waals surface area (Å²) < 4.78 is 11.1. The van der Waals surface area contributed by atoms with Crippen LogP contribution in [-0.2, 0) is 6.61 Å². The van der Waals surface area contributed by atoms with Crippen molar-refractivity contribution < 1.29 is 14.6 Å². The second kappa shape index (κ2) is 7.31. The van der Waals surface area contributed by atoms with Gasteiger partial charge >= 0.3 is 0 Å². The van der Waals surface area contributed by atoms with Crippen molar-refractivity contribution in [3.63, 3.8) is 0 Å². The molecule has 0 aliphatic heterocycles. The van der Waals surface area contributed by atoms with Crippen LogP contribution < -0.4 is 15.2 Å². The van der Waals surface area contributed by atoms with Gasteiger partial charge in [0.15, 0.2) is 11.5 Å². The molecule has 0 unspecified atom stereocenters. The van der Waals surface area contributed by atoms with Crippen molar-refractivity contribution in [1.82, 2.24) is 0 Å². The molecule has 2 aromatic rings. The summed E-state index contributed by atoms with van der Waals surface area (Å²) in [6.45, 7) is 0.227. The van der Waals surface area contributed by atoms with Crippen molar-refractivity contribution in [2.75, 3.05) is 13.7 Å². The maximum atomic E-state index is 9.09. The van der Waals surface area contributed by atoms with Gasteiger partial charge in [0.2, 0.25) is 0 Å². The van der Waals surface area contributed by atoms with E-state index in [0.717, 1.165) is 11.1 Å². The molecule has 2 rings (SSSR count). The van der Waals surface area contributed by atoms with E-state index in [0.29, 0.717) is 23.1 Å². The Kier molecular flexibility index (Phi) is 5.44. The number of hydrogen-bond acceptors (Lipinski definition) is 4. The van der Waals surface area contributed by atoms with Crippen LogP contribution in [0.1, 0.15) is 17.2 Å². The Hall–Kier alpha value is -1.75. The fourth-order valence-electron chi connectivity index (χ4n) is 1.91. The largest absolute Gasteiger partial charge is 0.493 e. The van der Waals surface area contributed by atoms with E-state index in [1.54, 1.807) is 19.2 Å². The van der Waals surface area contributed by atoms with Crippen LogP contribution in [0.15, 0.2) is 42.5 Å². The maximum Gasteiger partial charge on any atom is 0.161 e. The highest BCUT2D eigenvalue weighted by atomic mass is 35.5. The molecule has 0 saturated heterocycles. The Morgan fingerprint density at radius 2 is 1.95 bits per heavy atom. The van der Waals surface area contributed by atoms with E-state index < -0.39 is 6.04 Å². The summed E-state index contributed by atoms with van der Waals surface area (Å²) in [6, 6.07) is 12.4. The zero-order chi connectivity index (χ0) is 15.2. The SMILES string of the molecule is COc1cc([C@@H](N)CO)ccc1OCc1ccccc1Cl. The van der Waals surface area contributed by atoms with Crippen LogP contribution >= 0.6 is 11.6 Å². The zero-order valence-corrected chi connectivity index (χ0v) is 12.5. The number of benzene rings is 2. The van der Waals surface area contributed by atoms with Gasteiger partial charge in [-0.2, -0.15) is 0 Å². The topological polar surface area (TPSA) is 64.7 Å². The third-order valence-corrected chi connectivity index (χ3v) is 3.52. The third-order valence-electron chi connectivity index (χ3n) is 3.15. The van der Waals surface area contributed by atoms with Crippen LogP contribution in [0.3, 0.4) is 0 Å². The first-order valence-corrected chi connectivity index (χ1v) is 6.94. The summed E-state index contributed by atoms with van der Waals surface area (Å²) in [4.78, 5) is 0. The van der Waals surface area contributed by atoms with Gasteiger partial charge in [0.25, 0.3) is 0 Å². The Morgan fingerprint density at radius 3 is 2.62 bits per heavy atom. The summed E-state index contributed by atoms with van der Waals surface area (Å²) in [5, 5.41) is 9.75. The quantitative estimate of drug-likeness (QED) is 0.861. The summed E-state index contributed by atoms with van der Waals surface area (Å²) in [5.74, 6) is 1.18. The zero-order valence-electron chi connectivity index (χ0n) is 11.8. The number of rotatable bonds is 6. The van der Waals surface area contributed by atoms with E-state index in [1.165, 1.54) is 0 Å². The van der Waals surface area contributed by atoms with Gasteiger partial charge < -0.3 is 20.3 Å². The molecule has 0 aliphatic rings. The second-order valence-corrected chi connectivity index (χ2v) is 4.99. The van der Waals surface area contributed by atoms with Crippen molar-refractivity contribution in [3.8, 4) is 11.5 Å². The molecule has 0 spiro atoms. The van der Waals surface area contributed by atoms with Crippen molar-refractivity contribution in [2.24, 2.45) is 5.73 Å². The summed E-state index contributed by atoms with van der Waals surface area (Å²) in [7, 11) is 1.56. The first-order chi connectivity index (χ1) is 10.2. The lowest BCUT2D eigenvalue weighted by Gasteiger charge is -2.15. The molecule has 0 bridgehead atoms. The molecule has 0 amide bonds. The molecule has 4 nitrogen and oxygen atoms in total. The van der Waals surface area contributed by atoms with Gasteiger partial charge in [0.1, 0.15) is 6.61 Å². The minimum Gasteiger partial charge on any atom is -0.493 e. The number of ether oxygens (including phenoxy) is 2. The Balaban J connectivity index is 2.15. The van der Waals surface area contributed by atoms with Crippen LogP contribution in [0.5, 0.6) is 11.5 Å².